The molecule has 0 unspecified atom stereocenters. The molecule has 0 fully saturated rings. The van der Waals surface area contributed by atoms with Crippen molar-refractivity contribution in [3.05, 3.63) is 27.7 Å². The average Bonchev–Trinajstić information content (AvgIpc) is 2.32. The Morgan fingerprint density at radius 1 is 1.42 bits per heavy atom. The van der Waals surface area contributed by atoms with Crippen molar-refractivity contribution in [2.45, 2.75) is 12.5 Å². The molecule has 0 heterocycles. The number of hydrogen-bond acceptors (Lipinski definition) is 3. The molecular formula is C11H12BrClN2O4. The van der Waals surface area contributed by atoms with Gasteiger partial charge in [0.25, 0.3) is 0 Å². The second-order valence-electron chi connectivity index (χ2n) is 3.63. The van der Waals surface area contributed by atoms with Crippen LogP contribution in [0.15, 0.2) is 22.7 Å². The standard InChI is InChI=1S/C11H12BrClN2O4/c12-7-5-6(13)1-2-8(7)14-11(19)15-9(3-4-16)10(17)18/h1-2,5,9,16H,3-4H2,(H,17,18)(H2,14,15,19)/t9-/m0/s1. The lowest BCUT2D eigenvalue weighted by Gasteiger charge is -2.14. The zero-order valence-corrected chi connectivity index (χ0v) is 12.0. The largest absolute Gasteiger partial charge is 0.480 e. The number of anilines is 1. The van der Waals surface area contributed by atoms with Crippen LogP contribution in [0.25, 0.3) is 0 Å². The van der Waals surface area contributed by atoms with Crippen LogP contribution in [0.3, 0.4) is 0 Å². The van der Waals surface area contributed by atoms with Gasteiger partial charge in [-0.15, -0.1) is 0 Å². The summed E-state index contributed by atoms with van der Waals surface area (Å²) >= 11 is 8.98. The van der Waals surface area contributed by atoms with Crippen LogP contribution >= 0.6 is 27.5 Å². The third kappa shape index (κ3) is 5.06. The molecule has 8 heteroatoms. The summed E-state index contributed by atoms with van der Waals surface area (Å²) < 4.78 is 0.573. The van der Waals surface area contributed by atoms with Gasteiger partial charge in [-0.25, -0.2) is 9.59 Å². The molecule has 6 nitrogen and oxygen atoms in total. The van der Waals surface area contributed by atoms with Crippen LogP contribution in [0.1, 0.15) is 6.42 Å². The quantitative estimate of drug-likeness (QED) is 0.652. The smallest absolute Gasteiger partial charge is 0.326 e. The number of hydrogen-bond donors (Lipinski definition) is 4. The first-order valence-electron chi connectivity index (χ1n) is 5.30. The van der Waals surface area contributed by atoms with Crippen LogP contribution in [0, 0.1) is 0 Å². The fourth-order valence-electron chi connectivity index (χ4n) is 1.29. The Morgan fingerprint density at radius 3 is 2.63 bits per heavy atom. The first kappa shape index (κ1) is 15.7. The first-order chi connectivity index (χ1) is 8.93. The van der Waals surface area contributed by atoms with E-state index in [1.165, 1.54) is 0 Å². The van der Waals surface area contributed by atoms with Crippen molar-refractivity contribution in [2.75, 3.05) is 11.9 Å². The van der Waals surface area contributed by atoms with Gasteiger partial charge in [0.05, 0.1) is 5.69 Å². The van der Waals surface area contributed by atoms with Gasteiger partial charge in [-0.1, -0.05) is 11.6 Å². The van der Waals surface area contributed by atoms with Gasteiger partial charge in [0.1, 0.15) is 6.04 Å². The molecule has 104 valence electrons. The summed E-state index contributed by atoms with van der Waals surface area (Å²) in [5.74, 6) is -1.21. The fraction of sp³-hybridized carbons (Fsp3) is 0.273. The van der Waals surface area contributed by atoms with Gasteiger partial charge in [0.2, 0.25) is 0 Å². The SMILES string of the molecule is O=C(Nc1ccc(Cl)cc1Br)N[C@@H](CCO)C(=O)O. The van der Waals surface area contributed by atoms with Crippen molar-refractivity contribution in [3.8, 4) is 0 Å². The first-order valence-corrected chi connectivity index (χ1v) is 6.47. The van der Waals surface area contributed by atoms with Crippen LogP contribution in [-0.4, -0.2) is 34.9 Å². The van der Waals surface area contributed by atoms with E-state index in [1.807, 2.05) is 0 Å². The summed E-state index contributed by atoms with van der Waals surface area (Å²) in [6, 6.07) is 2.94. The van der Waals surface area contributed by atoms with E-state index >= 15 is 0 Å². The maximum absolute atomic E-state index is 11.6. The van der Waals surface area contributed by atoms with Gasteiger partial charge in [0.15, 0.2) is 0 Å². The number of urea groups is 1. The Labute approximate surface area is 122 Å². The predicted octanol–water partition coefficient (Wildman–Crippen LogP) is 2.06. The number of carboxylic acids is 1. The number of carbonyl (C=O) groups is 2. The molecule has 4 N–H and O–H groups in total. The molecule has 19 heavy (non-hydrogen) atoms. The molecule has 0 radical (unpaired) electrons. The normalized spacial score (nSPS) is 11.7. The highest BCUT2D eigenvalue weighted by Gasteiger charge is 2.19. The summed E-state index contributed by atoms with van der Waals surface area (Å²) in [6.45, 7) is -0.331. The maximum Gasteiger partial charge on any atom is 0.326 e. The lowest BCUT2D eigenvalue weighted by molar-refractivity contribution is -0.139. The lowest BCUT2D eigenvalue weighted by Crippen LogP contribution is -2.43. The number of carboxylic acid groups (broad SMARTS) is 1. The third-order valence-electron chi connectivity index (χ3n) is 2.20. The molecule has 0 bridgehead atoms. The second-order valence-corrected chi connectivity index (χ2v) is 4.92. The molecule has 0 saturated heterocycles. The molecule has 2 amide bonds. The number of rotatable bonds is 5. The van der Waals surface area contributed by atoms with Crippen LogP contribution in [0.2, 0.25) is 5.02 Å². The highest BCUT2D eigenvalue weighted by molar-refractivity contribution is 9.10. The number of aliphatic hydroxyl groups excluding tert-OH is 1. The second kappa shape index (κ2) is 7.32. The summed E-state index contributed by atoms with van der Waals surface area (Å²) in [4.78, 5) is 22.4. The summed E-state index contributed by atoms with van der Waals surface area (Å²) in [5.41, 5.74) is 0.454. The molecule has 0 aliphatic rings. The van der Waals surface area contributed by atoms with Crippen molar-refractivity contribution >= 4 is 45.2 Å². The topological polar surface area (TPSA) is 98.7 Å². The number of halogens is 2. The minimum Gasteiger partial charge on any atom is -0.480 e. The van der Waals surface area contributed by atoms with Crippen LogP contribution in [0.4, 0.5) is 10.5 Å². The molecule has 0 spiro atoms. The molecule has 0 aromatic heterocycles. The number of aliphatic hydroxyl groups is 1. The van der Waals surface area contributed by atoms with Crippen molar-refractivity contribution in [3.63, 3.8) is 0 Å². The number of benzene rings is 1. The number of nitrogens with one attached hydrogen (secondary N) is 2. The molecule has 1 aromatic rings. The molecule has 1 aromatic carbocycles. The monoisotopic (exact) mass is 350 g/mol. The highest BCUT2D eigenvalue weighted by Crippen LogP contribution is 2.25. The lowest BCUT2D eigenvalue weighted by atomic mass is 10.2. The summed E-state index contributed by atoms with van der Waals surface area (Å²) in [7, 11) is 0. The van der Waals surface area contributed by atoms with E-state index in [4.69, 9.17) is 21.8 Å². The molecule has 1 atom stereocenters. The Balaban J connectivity index is 2.66. The van der Waals surface area contributed by atoms with Gasteiger partial charge in [-0.05, 0) is 34.1 Å². The van der Waals surface area contributed by atoms with Gasteiger partial charge in [-0.3, -0.25) is 0 Å². The van der Waals surface area contributed by atoms with Crippen molar-refractivity contribution in [2.24, 2.45) is 0 Å². The van der Waals surface area contributed by atoms with E-state index < -0.39 is 18.0 Å². The minimum atomic E-state index is -1.21. The van der Waals surface area contributed by atoms with Gasteiger partial charge in [-0.2, -0.15) is 0 Å². The third-order valence-corrected chi connectivity index (χ3v) is 3.09. The van der Waals surface area contributed by atoms with E-state index in [0.29, 0.717) is 15.2 Å². The molecule has 0 aliphatic heterocycles. The molecule has 0 saturated carbocycles. The maximum atomic E-state index is 11.6. The fourth-order valence-corrected chi connectivity index (χ4v) is 2.08. The van der Waals surface area contributed by atoms with Crippen molar-refractivity contribution in [1.82, 2.24) is 5.32 Å². The number of aliphatic carboxylic acids is 1. The summed E-state index contributed by atoms with van der Waals surface area (Å²) in [6.07, 6.45) is -0.0649. The average molecular weight is 352 g/mol. The number of carbonyl (C=O) groups excluding carboxylic acids is 1. The van der Waals surface area contributed by atoms with E-state index in [1.54, 1.807) is 18.2 Å². The van der Waals surface area contributed by atoms with Gasteiger partial charge < -0.3 is 20.8 Å². The van der Waals surface area contributed by atoms with Crippen molar-refractivity contribution < 1.29 is 19.8 Å². The van der Waals surface area contributed by atoms with E-state index in [2.05, 4.69) is 26.6 Å². The van der Waals surface area contributed by atoms with Crippen LogP contribution in [-0.2, 0) is 4.79 Å². The van der Waals surface area contributed by atoms with E-state index in [-0.39, 0.29) is 13.0 Å². The molecule has 1 rings (SSSR count). The zero-order valence-electron chi connectivity index (χ0n) is 9.69. The number of amides is 2. The highest BCUT2D eigenvalue weighted by atomic mass is 79.9. The zero-order chi connectivity index (χ0) is 14.4. The van der Waals surface area contributed by atoms with Crippen LogP contribution in [0.5, 0.6) is 0 Å². The van der Waals surface area contributed by atoms with Crippen LogP contribution < -0.4 is 10.6 Å². The Morgan fingerprint density at radius 2 is 2.11 bits per heavy atom. The Bertz CT molecular complexity index is 484. The Kier molecular flexibility index (Phi) is 6.07. The van der Waals surface area contributed by atoms with Crippen molar-refractivity contribution in [1.29, 1.82) is 0 Å². The van der Waals surface area contributed by atoms with Gasteiger partial charge >= 0.3 is 12.0 Å². The van der Waals surface area contributed by atoms with E-state index in [9.17, 15) is 9.59 Å². The summed E-state index contributed by atoms with van der Waals surface area (Å²) in [5, 5.41) is 22.8. The van der Waals surface area contributed by atoms with Gasteiger partial charge in [0, 0.05) is 22.5 Å². The Hall–Kier alpha value is -1.31. The van der Waals surface area contributed by atoms with E-state index in [0.717, 1.165) is 0 Å². The molecule has 0 aliphatic carbocycles. The molecular weight excluding hydrogens is 339 g/mol. The predicted molar refractivity (Wildman–Crippen MR) is 74.4 cm³/mol. The minimum absolute atomic E-state index is 0.0649.